The van der Waals surface area contributed by atoms with Crippen molar-refractivity contribution in [2.45, 2.75) is 127 Å². The molecule has 2 N–H and O–H groups in total. The number of imidazole rings is 1. The van der Waals surface area contributed by atoms with E-state index in [0.717, 1.165) is 53.8 Å². The van der Waals surface area contributed by atoms with Gasteiger partial charge in [-0.2, -0.15) is 0 Å². The summed E-state index contributed by atoms with van der Waals surface area (Å²) in [6.07, 6.45) is 13.5. The lowest BCUT2D eigenvalue weighted by Gasteiger charge is -2.48. The Morgan fingerprint density at radius 3 is 2.32 bits per heavy atom. The van der Waals surface area contributed by atoms with Crippen LogP contribution in [0.3, 0.4) is 0 Å². The van der Waals surface area contributed by atoms with Gasteiger partial charge in [0.05, 0.1) is 46.4 Å². The minimum absolute atomic E-state index is 0.0626. The average Bonchev–Trinajstić information content (AvgIpc) is 4.16. The first-order chi connectivity index (χ1) is 36.4. The molecule has 6 fully saturated rings. The maximum Gasteiger partial charge on any atom is 0.328 e. The fourth-order valence-corrected chi connectivity index (χ4v) is 13.1. The molecule has 18 heteroatoms. The number of likely N-dealkylation sites (tertiary alicyclic amines) is 3. The van der Waals surface area contributed by atoms with Gasteiger partial charge in [0, 0.05) is 80.5 Å². The quantitative estimate of drug-likeness (QED) is 0.131. The van der Waals surface area contributed by atoms with Crippen molar-refractivity contribution in [3.63, 3.8) is 0 Å². The fraction of sp³-hybridized carbons (Fsp3) is 0.509. The lowest BCUT2D eigenvalue weighted by molar-refractivity contribution is -0.140. The number of benzene rings is 2. The lowest BCUT2D eigenvalue weighted by Crippen LogP contribution is -2.58. The molecule has 7 aliphatic rings. The highest BCUT2D eigenvalue weighted by Crippen LogP contribution is 2.52. The van der Waals surface area contributed by atoms with Gasteiger partial charge in [-0.3, -0.25) is 29.4 Å². The molecule has 2 aromatic carbocycles. The van der Waals surface area contributed by atoms with Gasteiger partial charge in [0.2, 0.25) is 29.5 Å². The summed E-state index contributed by atoms with van der Waals surface area (Å²) in [5.74, 6) is 0.149. The van der Waals surface area contributed by atoms with Crippen LogP contribution in [0.15, 0.2) is 73.2 Å². The van der Waals surface area contributed by atoms with E-state index in [-0.39, 0.29) is 65.9 Å². The Morgan fingerprint density at radius 1 is 0.813 bits per heavy atom. The summed E-state index contributed by atoms with van der Waals surface area (Å²) >= 11 is 0. The van der Waals surface area contributed by atoms with E-state index in [4.69, 9.17) is 14.7 Å². The highest BCUT2D eigenvalue weighted by atomic mass is 19.1. The Bertz CT molecular complexity index is 3030. The van der Waals surface area contributed by atoms with Gasteiger partial charge in [0.25, 0.3) is 0 Å². The van der Waals surface area contributed by atoms with Crippen molar-refractivity contribution < 1.29 is 33.1 Å². The third kappa shape index (κ3) is 9.15. The van der Waals surface area contributed by atoms with Crippen molar-refractivity contribution in [1.29, 1.82) is 0 Å². The van der Waals surface area contributed by atoms with Crippen LogP contribution in [0.25, 0.3) is 22.3 Å². The number of aromatic nitrogens is 4. The first-order valence-electron chi connectivity index (χ1n) is 27.3. The third-order valence-electron chi connectivity index (χ3n) is 17.5. The van der Waals surface area contributed by atoms with E-state index < -0.39 is 11.4 Å². The van der Waals surface area contributed by atoms with E-state index in [2.05, 4.69) is 57.5 Å². The number of nitrogens with zero attached hydrogens (tertiary/aromatic N) is 9. The molecule has 0 bridgehead atoms. The number of urea groups is 1. The Labute approximate surface area is 436 Å². The van der Waals surface area contributed by atoms with Gasteiger partial charge < -0.3 is 34.2 Å². The minimum atomic E-state index is -0.764. The average molecular weight is 1020 g/mol. The van der Waals surface area contributed by atoms with Gasteiger partial charge in [-0.05, 0) is 133 Å². The second kappa shape index (κ2) is 20.0. The number of fused-ring (bicyclic) bond motifs is 3. The molecule has 6 amide bonds. The van der Waals surface area contributed by atoms with Crippen LogP contribution in [-0.2, 0) is 24.6 Å². The maximum atomic E-state index is 15.3. The van der Waals surface area contributed by atoms with Crippen molar-refractivity contribution in [3.05, 3.63) is 84.6 Å². The maximum absolute atomic E-state index is 15.3. The summed E-state index contributed by atoms with van der Waals surface area (Å²) < 4.78 is 23.3. The molecule has 5 aliphatic heterocycles. The molecule has 8 heterocycles. The number of anilines is 4. The van der Waals surface area contributed by atoms with Gasteiger partial charge in [-0.15, -0.1) is 0 Å². The molecule has 0 unspecified atom stereocenters. The number of hydrogen-bond acceptors (Lipinski definition) is 11. The fourth-order valence-electron chi connectivity index (χ4n) is 13.1. The highest BCUT2D eigenvalue weighted by Gasteiger charge is 2.56. The molecule has 4 saturated heterocycles. The number of nitrogens with one attached hydrogen (secondary N) is 2. The van der Waals surface area contributed by atoms with Crippen LogP contribution < -0.4 is 25.2 Å². The van der Waals surface area contributed by atoms with Crippen LogP contribution in [0.1, 0.15) is 109 Å². The molecule has 2 aliphatic carbocycles. The van der Waals surface area contributed by atoms with Crippen LogP contribution in [0.2, 0.25) is 0 Å². The molecule has 12 rings (SSSR count). The predicted octanol–water partition coefficient (Wildman–Crippen LogP) is 8.11. The summed E-state index contributed by atoms with van der Waals surface area (Å²) in [7, 11) is 0. The molecule has 0 radical (unpaired) electrons. The van der Waals surface area contributed by atoms with E-state index in [0.29, 0.717) is 112 Å². The number of amides is 6. The van der Waals surface area contributed by atoms with Gasteiger partial charge in [0.1, 0.15) is 17.4 Å². The highest BCUT2D eigenvalue weighted by molar-refractivity contribution is 6.10. The third-order valence-corrected chi connectivity index (χ3v) is 17.5. The molecular formula is C57H66FN11O6. The molecule has 75 heavy (non-hydrogen) atoms. The largest absolute Gasteiger partial charge is 0.474 e. The zero-order chi connectivity index (χ0) is 51.5. The van der Waals surface area contributed by atoms with E-state index in [1.165, 1.54) is 30.2 Å². The predicted molar refractivity (Wildman–Crippen MR) is 281 cm³/mol. The van der Waals surface area contributed by atoms with Gasteiger partial charge >= 0.3 is 6.03 Å². The number of pyridine rings is 2. The van der Waals surface area contributed by atoms with Crippen LogP contribution >= 0.6 is 0 Å². The van der Waals surface area contributed by atoms with Gasteiger partial charge in [0.15, 0.2) is 5.82 Å². The summed E-state index contributed by atoms with van der Waals surface area (Å²) in [6, 6.07) is 18.5. The number of carbonyl (C=O) groups is 5. The van der Waals surface area contributed by atoms with Gasteiger partial charge in [-0.25, -0.2) is 24.1 Å². The normalized spacial score (nSPS) is 25.0. The van der Waals surface area contributed by atoms with Crippen LogP contribution in [0.5, 0.6) is 5.88 Å². The van der Waals surface area contributed by atoms with Crippen LogP contribution in [0, 0.1) is 17.7 Å². The minimum Gasteiger partial charge on any atom is -0.474 e. The molecule has 3 aromatic heterocycles. The molecule has 2 saturated carbocycles. The summed E-state index contributed by atoms with van der Waals surface area (Å²) in [4.78, 5) is 91.7. The standard InChI is InChI=1S/C57H66FN11O6/c1-35(2)68-34-60-47-31-46(62-52(51(47)68)61-45-9-5-4-8-44(45)58)37-12-16-43-48(28-37)69(41-29-40(30-41)64-22-6-3-7-23-64)55(73)57(43)20-26-65(27-21-57)54(72)38-18-24-66(33-38)53(71)36-10-14-42(15-11-36)75-50-17-13-39(32-59-50)67-25-19-49(70)63-56(67)74/h4-5,8-9,12-13,16-17,28,31-32,34-36,38,40-42H,3,6-7,10-11,14-15,18-27,29-30,33H2,1-2H3,(H,61,62)(H,63,70,74)/t36-,38-,40-,41+,42-/m1/s1. The van der Waals surface area contributed by atoms with Crippen molar-refractivity contribution >= 4 is 63.6 Å². The number of rotatable bonds is 11. The number of hydrogen-bond donors (Lipinski definition) is 2. The Kier molecular flexibility index (Phi) is 13.0. The zero-order valence-electron chi connectivity index (χ0n) is 42.9. The first-order valence-corrected chi connectivity index (χ1v) is 27.3. The summed E-state index contributed by atoms with van der Waals surface area (Å²) in [5.41, 5.74) is 5.08. The van der Waals surface area contributed by atoms with Crippen molar-refractivity contribution in [3.8, 4) is 17.1 Å². The number of para-hydroxylation sites is 1. The topological polar surface area (TPSA) is 178 Å². The van der Waals surface area contributed by atoms with E-state index in [9.17, 15) is 19.2 Å². The molecule has 17 nitrogen and oxygen atoms in total. The lowest BCUT2D eigenvalue weighted by atomic mass is 9.73. The van der Waals surface area contributed by atoms with Gasteiger partial charge in [-0.1, -0.05) is 30.7 Å². The molecule has 1 atom stereocenters. The summed E-state index contributed by atoms with van der Waals surface area (Å²) in [5, 5.41) is 5.60. The van der Waals surface area contributed by atoms with Crippen LogP contribution in [-0.4, -0.2) is 128 Å². The Balaban J connectivity index is 0.715. The molecular weight excluding hydrogens is 954 g/mol. The smallest absolute Gasteiger partial charge is 0.328 e. The Morgan fingerprint density at radius 2 is 1.59 bits per heavy atom. The zero-order valence-corrected chi connectivity index (χ0v) is 42.9. The van der Waals surface area contributed by atoms with E-state index in [1.54, 1.807) is 42.9 Å². The molecule has 392 valence electrons. The number of imide groups is 1. The van der Waals surface area contributed by atoms with Crippen molar-refractivity contribution in [2.24, 2.45) is 11.8 Å². The number of carbonyl (C=O) groups excluding carboxylic acids is 5. The number of ether oxygens (including phenoxy) is 1. The van der Waals surface area contributed by atoms with Crippen molar-refractivity contribution in [1.82, 2.24) is 39.5 Å². The van der Waals surface area contributed by atoms with E-state index in [1.807, 2.05) is 20.4 Å². The first kappa shape index (κ1) is 49.0. The van der Waals surface area contributed by atoms with Crippen molar-refractivity contribution in [2.75, 3.05) is 60.9 Å². The second-order valence-corrected chi connectivity index (χ2v) is 22.2. The number of piperidine rings is 2. The Hall–Kier alpha value is -6.95. The number of halogens is 1. The molecule has 5 aromatic rings. The van der Waals surface area contributed by atoms with Crippen LogP contribution in [0.4, 0.5) is 32.1 Å². The van der Waals surface area contributed by atoms with E-state index >= 15 is 9.18 Å². The monoisotopic (exact) mass is 1020 g/mol. The second-order valence-electron chi connectivity index (χ2n) is 22.2. The molecule has 1 spiro atoms. The summed E-state index contributed by atoms with van der Waals surface area (Å²) in [6.45, 7) is 8.54. The SMILES string of the molecule is CC(C)n1cnc2cc(-c3ccc4c(c3)N([C@H]3C[C@@H](N5CCCCC5)C3)C(=O)C43CCN(C(=O)[C@@H]4CCN(C(=O)[C@H]5CC[C@H](Oc6ccc(N7CCC(=O)NC7=O)cn6)CC5)C4)CC3)nc(Nc3ccccc3F)c21.